The number of carbonyl (C=O) groups excluding carboxylic acids is 1. The Hall–Kier alpha value is -1.82. The van der Waals surface area contributed by atoms with Gasteiger partial charge in [-0.2, -0.15) is 0 Å². The Bertz CT molecular complexity index is 435. The Kier molecular flexibility index (Phi) is 5.76. The standard InChI is InChI=1S/C14H22N2O4/c1-14(2,3)16(7-6-13(18)19)10-12(17)15-9-11-5-4-8-20-11/h4-5,8H,6-7,9-10H2,1-3H3,(H,15,17)(H,18,19). The molecule has 0 fully saturated rings. The molecule has 1 heterocycles. The smallest absolute Gasteiger partial charge is 0.304 e. The summed E-state index contributed by atoms with van der Waals surface area (Å²) in [4.78, 5) is 24.4. The highest BCUT2D eigenvalue weighted by molar-refractivity contribution is 5.78. The van der Waals surface area contributed by atoms with Gasteiger partial charge >= 0.3 is 5.97 Å². The summed E-state index contributed by atoms with van der Waals surface area (Å²) in [6.07, 6.45) is 1.57. The number of carbonyl (C=O) groups is 2. The number of nitrogens with zero attached hydrogens (tertiary/aromatic N) is 1. The number of carboxylic acids is 1. The molecule has 112 valence electrons. The summed E-state index contributed by atoms with van der Waals surface area (Å²) < 4.78 is 5.13. The Morgan fingerprint density at radius 3 is 2.60 bits per heavy atom. The zero-order valence-electron chi connectivity index (χ0n) is 12.2. The molecule has 0 spiro atoms. The normalized spacial score (nSPS) is 11.6. The first-order chi connectivity index (χ1) is 9.29. The van der Waals surface area contributed by atoms with Crippen LogP contribution in [0.3, 0.4) is 0 Å². The van der Waals surface area contributed by atoms with Gasteiger partial charge in [-0.15, -0.1) is 0 Å². The molecule has 0 saturated carbocycles. The van der Waals surface area contributed by atoms with Crippen LogP contribution in [0.25, 0.3) is 0 Å². The number of carboxylic acid groups (broad SMARTS) is 1. The van der Waals surface area contributed by atoms with Crippen molar-refractivity contribution in [1.82, 2.24) is 10.2 Å². The molecule has 6 heteroatoms. The third-order valence-electron chi connectivity index (χ3n) is 2.92. The Morgan fingerprint density at radius 2 is 2.10 bits per heavy atom. The maximum absolute atomic E-state index is 11.9. The van der Waals surface area contributed by atoms with Gasteiger partial charge in [0.25, 0.3) is 0 Å². The zero-order valence-corrected chi connectivity index (χ0v) is 12.2. The van der Waals surface area contributed by atoms with Crippen LogP contribution in [-0.4, -0.2) is 40.5 Å². The van der Waals surface area contributed by atoms with Crippen LogP contribution >= 0.6 is 0 Å². The maximum Gasteiger partial charge on any atom is 0.304 e. The van der Waals surface area contributed by atoms with Crippen LogP contribution in [-0.2, 0) is 16.1 Å². The molecule has 1 aromatic heterocycles. The average Bonchev–Trinajstić information content (AvgIpc) is 2.83. The number of hydrogen-bond donors (Lipinski definition) is 2. The molecule has 20 heavy (non-hydrogen) atoms. The molecule has 2 N–H and O–H groups in total. The van der Waals surface area contributed by atoms with Gasteiger partial charge in [-0.1, -0.05) is 0 Å². The average molecular weight is 282 g/mol. The van der Waals surface area contributed by atoms with Crippen molar-refractivity contribution in [3.05, 3.63) is 24.2 Å². The van der Waals surface area contributed by atoms with E-state index in [9.17, 15) is 9.59 Å². The van der Waals surface area contributed by atoms with Crippen LogP contribution < -0.4 is 5.32 Å². The Morgan fingerprint density at radius 1 is 1.40 bits per heavy atom. The maximum atomic E-state index is 11.9. The number of hydrogen-bond acceptors (Lipinski definition) is 4. The lowest BCUT2D eigenvalue weighted by atomic mass is 10.1. The van der Waals surface area contributed by atoms with Gasteiger partial charge in [0, 0.05) is 12.1 Å². The van der Waals surface area contributed by atoms with E-state index in [2.05, 4.69) is 5.32 Å². The summed E-state index contributed by atoms with van der Waals surface area (Å²) in [5, 5.41) is 11.5. The number of nitrogens with one attached hydrogen (secondary N) is 1. The van der Waals surface area contributed by atoms with Crippen molar-refractivity contribution >= 4 is 11.9 Å². The Balaban J connectivity index is 2.47. The van der Waals surface area contributed by atoms with Gasteiger partial charge < -0.3 is 14.8 Å². The van der Waals surface area contributed by atoms with Crippen molar-refractivity contribution in [3.63, 3.8) is 0 Å². The van der Waals surface area contributed by atoms with E-state index < -0.39 is 5.97 Å². The minimum atomic E-state index is -0.866. The number of rotatable bonds is 7. The van der Waals surface area contributed by atoms with Crippen molar-refractivity contribution < 1.29 is 19.1 Å². The highest BCUT2D eigenvalue weighted by atomic mass is 16.4. The van der Waals surface area contributed by atoms with Crippen molar-refractivity contribution in [1.29, 1.82) is 0 Å². The molecule has 1 amide bonds. The van der Waals surface area contributed by atoms with Gasteiger partial charge in [0.05, 0.1) is 25.8 Å². The van der Waals surface area contributed by atoms with Gasteiger partial charge in [0.15, 0.2) is 0 Å². The monoisotopic (exact) mass is 282 g/mol. The molecule has 1 aromatic rings. The lowest BCUT2D eigenvalue weighted by molar-refractivity contribution is -0.138. The van der Waals surface area contributed by atoms with E-state index in [1.54, 1.807) is 18.4 Å². The van der Waals surface area contributed by atoms with E-state index in [4.69, 9.17) is 9.52 Å². The quantitative estimate of drug-likeness (QED) is 0.791. The fourth-order valence-corrected chi connectivity index (χ4v) is 1.71. The van der Waals surface area contributed by atoms with Crippen LogP contribution in [0.15, 0.2) is 22.8 Å². The van der Waals surface area contributed by atoms with Crippen LogP contribution in [0.1, 0.15) is 33.0 Å². The van der Waals surface area contributed by atoms with Gasteiger partial charge in [0.2, 0.25) is 5.91 Å². The highest BCUT2D eigenvalue weighted by Crippen LogP contribution is 2.13. The highest BCUT2D eigenvalue weighted by Gasteiger charge is 2.24. The molecular weight excluding hydrogens is 260 g/mol. The first kappa shape index (κ1) is 16.2. The summed E-state index contributed by atoms with van der Waals surface area (Å²) in [7, 11) is 0. The van der Waals surface area contributed by atoms with Crippen molar-refractivity contribution in [3.8, 4) is 0 Å². The molecule has 0 bridgehead atoms. The fraction of sp³-hybridized carbons (Fsp3) is 0.571. The van der Waals surface area contributed by atoms with Gasteiger partial charge in [-0.25, -0.2) is 0 Å². The second-order valence-electron chi connectivity index (χ2n) is 5.59. The molecule has 0 atom stereocenters. The first-order valence-corrected chi connectivity index (χ1v) is 6.55. The van der Waals surface area contributed by atoms with Crippen LogP contribution in [0.2, 0.25) is 0 Å². The van der Waals surface area contributed by atoms with Gasteiger partial charge in [-0.3, -0.25) is 14.5 Å². The molecule has 0 saturated heterocycles. The van der Waals surface area contributed by atoms with E-state index in [0.717, 1.165) is 0 Å². The van der Waals surface area contributed by atoms with Crippen LogP contribution in [0.5, 0.6) is 0 Å². The zero-order chi connectivity index (χ0) is 15.2. The van der Waals surface area contributed by atoms with Crippen LogP contribution in [0, 0.1) is 0 Å². The third kappa shape index (κ3) is 5.88. The van der Waals surface area contributed by atoms with Gasteiger partial charge in [-0.05, 0) is 32.9 Å². The Labute approximate surface area is 118 Å². The van der Waals surface area contributed by atoms with Crippen LogP contribution in [0.4, 0.5) is 0 Å². The van der Waals surface area contributed by atoms with E-state index in [0.29, 0.717) is 18.8 Å². The largest absolute Gasteiger partial charge is 0.481 e. The SMILES string of the molecule is CC(C)(C)N(CCC(=O)O)CC(=O)NCc1ccco1. The number of furan rings is 1. The minimum Gasteiger partial charge on any atom is -0.481 e. The lowest BCUT2D eigenvalue weighted by Gasteiger charge is -2.34. The predicted molar refractivity (Wildman–Crippen MR) is 74.1 cm³/mol. The van der Waals surface area contributed by atoms with E-state index in [1.807, 2.05) is 25.7 Å². The molecule has 0 aliphatic rings. The number of amides is 1. The molecule has 0 unspecified atom stereocenters. The van der Waals surface area contributed by atoms with Crippen molar-refractivity contribution in [2.24, 2.45) is 0 Å². The summed E-state index contributed by atoms with van der Waals surface area (Å²) in [6.45, 7) is 6.70. The van der Waals surface area contributed by atoms with Crippen molar-refractivity contribution in [2.45, 2.75) is 39.3 Å². The second kappa shape index (κ2) is 7.09. The summed E-state index contributed by atoms with van der Waals surface area (Å²) >= 11 is 0. The van der Waals surface area contributed by atoms with Crippen molar-refractivity contribution in [2.75, 3.05) is 13.1 Å². The van der Waals surface area contributed by atoms with E-state index in [1.165, 1.54) is 0 Å². The number of aliphatic carboxylic acids is 1. The molecule has 1 rings (SSSR count). The summed E-state index contributed by atoms with van der Waals surface area (Å²) in [5.74, 6) is -0.330. The lowest BCUT2D eigenvalue weighted by Crippen LogP contribution is -2.47. The molecule has 0 aromatic carbocycles. The molecule has 0 radical (unpaired) electrons. The first-order valence-electron chi connectivity index (χ1n) is 6.55. The van der Waals surface area contributed by atoms with Gasteiger partial charge in [0.1, 0.15) is 5.76 Å². The third-order valence-corrected chi connectivity index (χ3v) is 2.92. The topological polar surface area (TPSA) is 82.8 Å². The molecule has 0 aliphatic heterocycles. The summed E-state index contributed by atoms with van der Waals surface area (Å²) in [6, 6.07) is 3.54. The molecular formula is C14H22N2O4. The summed E-state index contributed by atoms with van der Waals surface area (Å²) in [5.41, 5.74) is -0.266. The predicted octanol–water partition coefficient (Wildman–Crippen LogP) is 1.47. The molecule has 0 aliphatic carbocycles. The second-order valence-corrected chi connectivity index (χ2v) is 5.59. The van der Waals surface area contributed by atoms with E-state index >= 15 is 0 Å². The fourth-order valence-electron chi connectivity index (χ4n) is 1.71. The van der Waals surface area contributed by atoms with E-state index in [-0.39, 0.29) is 24.4 Å². The minimum absolute atomic E-state index is 0.0166. The molecule has 6 nitrogen and oxygen atoms in total.